The van der Waals surface area contributed by atoms with Crippen molar-refractivity contribution >= 4 is 17.6 Å². The van der Waals surface area contributed by atoms with Gasteiger partial charge in [-0.15, -0.1) is 0 Å². The molecule has 0 heterocycles. The zero-order valence-electron chi connectivity index (χ0n) is 9.21. The maximum atomic E-state index is 11.2. The second kappa shape index (κ2) is 5.53. The zero-order chi connectivity index (χ0) is 12.1. The minimum Gasteiger partial charge on any atom is -0.469 e. The van der Waals surface area contributed by atoms with Crippen LogP contribution in [-0.4, -0.2) is 13.1 Å². The molecule has 0 bridgehead atoms. The van der Waals surface area contributed by atoms with Crippen LogP contribution in [-0.2, 0) is 22.4 Å². The maximum Gasteiger partial charge on any atom is 0.310 e. The summed E-state index contributed by atoms with van der Waals surface area (Å²) in [5, 5.41) is 9.64. The quantitative estimate of drug-likeness (QED) is 0.759. The smallest absolute Gasteiger partial charge is 0.310 e. The number of carbonyl (C=O) groups is 1. The van der Waals surface area contributed by atoms with E-state index >= 15 is 0 Å². The van der Waals surface area contributed by atoms with Gasteiger partial charge in [-0.1, -0.05) is 24.6 Å². The molecule has 3 nitrogen and oxygen atoms in total. The SMILES string of the molecule is CCc1c(Cl)ccc(CC(=O)OC)c1C#N. The monoisotopic (exact) mass is 237 g/mol. The van der Waals surface area contributed by atoms with E-state index in [9.17, 15) is 4.79 Å². The molecule has 0 aliphatic rings. The Hall–Kier alpha value is -1.53. The lowest BCUT2D eigenvalue weighted by Gasteiger charge is -2.08. The second-order valence-corrected chi connectivity index (χ2v) is 3.69. The Morgan fingerprint density at radius 1 is 1.56 bits per heavy atom. The Morgan fingerprint density at radius 3 is 2.75 bits per heavy atom. The number of rotatable bonds is 3. The molecule has 0 aromatic heterocycles. The van der Waals surface area contributed by atoms with E-state index in [1.165, 1.54) is 7.11 Å². The van der Waals surface area contributed by atoms with E-state index in [4.69, 9.17) is 16.9 Å². The number of methoxy groups -OCH3 is 1. The van der Waals surface area contributed by atoms with Gasteiger partial charge in [0.15, 0.2) is 0 Å². The normalized spacial score (nSPS) is 9.62. The first-order chi connectivity index (χ1) is 7.63. The molecule has 4 heteroatoms. The highest BCUT2D eigenvalue weighted by atomic mass is 35.5. The van der Waals surface area contributed by atoms with Crippen LogP contribution in [0.1, 0.15) is 23.6 Å². The van der Waals surface area contributed by atoms with Crippen LogP contribution in [0.5, 0.6) is 0 Å². The molecule has 0 saturated heterocycles. The van der Waals surface area contributed by atoms with E-state index in [1.807, 2.05) is 6.92 Å². The molecule has 0 fully saturated rings. The molecule has 1 aromatic carbocycles. The van der Waals surface area contributed by atoms with Gasteiger partial charge in [-0.05, 0) is 23.6 Å². The Morgan fingerprint density at radius 2 is 2.25 bits per heavy atom. The lowest BCUT2D eigenvalue weighted by Crippen LogP contribution is -2.07. The number of benzene rings is 1. The first-order valence-electron chi connectivity index (χ1n) is 4.91. The van der Waals surface area contributed by atoms with E-state index in [1.54, 1.807) is 12.1 Å². The molecular formula is C12H12ClNO2. The van der Waals surface area contributed by atoms with Crippen LogP contribution in [0.3, 0.4) is 0 Å². The van der Waals surface area contributed by atoms with E-state index in [-0.39, 0.29) is 12.4 Å². The van der Waals surface area contributed by atoms with Gasteiger partial charge >= 0.3 is 5.97 Å². The number of halogens is 1. The minimum atomic E-state index is -0.360. The largest absolute Gasteiger partial charge is 0.469 e. The van der Waals surface area contributed by atoms with E-state index < -0.39 is 0 Å². The Labute approximate surface area is 99.6 Å². The summed E-state index contributed by atoms with van der Waals surface area (Å²) in [6.45, 7) is 1.92. The number of hydrogen-bond acceptors (Lipinski definition) is 3. The van der Waals surface area contributed by atoms with Crippen molar-refractivity contribution in [3.05, 3.63) is 33.8 Å². The van der Waals surface area contributed by atoms with Crippen molar-refractivity contribution < 1.29 is 9.53 Å². The summed E-state index contributed by atoms with van der Waals surface area (Å²) in [6.07, 6.45) is 0.764. The molecule has 16 heavy (non-hydrogen) atoms. The third-order valence-electron chi connectivity index (χ3n) is 2.37. The fourth-order valence-electron chi connectivity index (χ4n) is 1.53. The van der Waals surface area contributed by atoms with Gasteiger partial charge in [-0.2, -0.15) is 5.26 Å². The predicted octanol–water partition coefficient (Wildman–Crippen LogP) is 2.49. The van der Waals surface area contributed by atoms with Crippen LogP contribution in [0.4, 0.5) is 0 Å². The summed E-state index contributed by atoms with van der Waals surface area (Å²) in [7, 11) is 1.32. The second-order valence-electron chi connectivity index (χ2n) is 3.28. The van der Waals surface area contributed by atoms with Gasteiger partial charge in [0.1, 0.15) is 0 Å². The topological polar surface area (TPSA) is 50.1 Å². The molecule has 84 valence electrons. The number of nitriles is 1. The number of carbonyl (C=O) groups excluding carboxylic acids is 1. The van der Waals surface area contributed by atoms with E-state index in [2.05, 4.69) is 10.8 Å². The lowest BCUT2D eigenvalue weighted by atomic mass is 9.98. The van der Waals surface area contributed by atoms with Gasteiger partial charge in [-0.25, -0.2) is 0 Å². The van der Waals surface area contributed by atoms with Gasteiger partial charge in [0.2, 0.25) is 0 Å². The van der Waals surface area contributed by atoms with Crippen molar-refractivity contribution in [3.8, 4) is 6.07 Å². The zero-order valence-corrected chi connectivity index (χ0v) is 9.97. The van der Waals surface area contributed by atoms with Crippen LogP contribution in [0.2, 0.25) is 5.02 Å². The van der Waals surface area contributed by atoms with E-state index in [0.717, 1.165) is 5.56 Å². The fourth-order valence-corrected chi connectivity index (χ4v) is 1.82. The van der Waals surface area contributed by atoms with Gasteiger partial charge in [0.05, 0.1) is 25.2 Å². The number of nitrogens with zero attached hydrogens (tertiary/aromatic N) is 1. The minimum absolute atomic E-state index is 0.101. The van der Waals surface area contributed by atoms with Crippen molar-refractivity contribution in [2.75, 3.05) is 7.11 Å². The number of ether oxygens (including phenoxy) is 1. The lowest BCUT2D eigenvalue weighted by molar-refractivity contribution is -0.139. The fraction of sp³-hybridized carbons (Fsp3) is 0.333. The number of hydrogen-bond donors (Lipinski definition) is 0. The van der Waals surface area contributed by atoms with Crippen molar-refractivity contribution in [1.82, 2.24) is 0 Å². The summed E-state index contributed by atoms with van der Waals surface area (Å²) in [6, 6.07) is 5.49. The molecular weight excluding hydrogens is 226 g/mol. The van der Waals surface area contributed by atoms with Crippen LogP contribution in [0.15, 0.2) is 12.1 Å². The molecule has 0 aliphatic heterocycles. The average molecular weight is 238 g/mol. The molecule has 0 amide bonds. The Bertz CT molecular complexity index is 449. The molecule has 0 atom stereocenters. The average Bonchev–Trinajstić information content (AvgIpc) is 2.30. The summed E-state index contributed by atoms with van der Waals surface area (Å²) < 4.78 is 4.58. The molecule has 0 saturated carbocycles. The van der Waals surface area contributed by atoms with Crippen LogP contribution < -0.4 is 0 Å². The van der Waals surface area contributed by atoms with Crippen LogP contribution in [0, 0.1) is 11.3 Å². The van der Waals surface area contributed by atoms with E-state index in [0.29, 0.717) is 22.6 Å². The van der Waals surface area contributed by atoms with Crippen LogP contribution in [0.25, 0.3) is 0 Å². The maximum absolute atomic E-state index is 11.2. The molecule has 0 radical (unpaired) electrons. The van der Waals surface area contributed by atoms with Gasteiger partial charge in [0, 0.05) is 5.02 Å². The molecule has 0 unspecified atom stereocenters. The highest BCUT2D eigenvalue weighted by Crippen LogP contribution is 2.24. The van der Waals surface area contributed by atoms with Gasteiger partial charge < -0.3 is 4.74 Å². The molecule has 1 aromatic rings. The summed E-state index contributed by atoms with van der Waals surface area (Å²) in [5.74, 6) is -0.360. The summed E-state index contributed by atoms with van der Waals surface area (Å²) in [4.78, 5) is 11.2. The first kappa shape index (κ1) is 12.5. The number of esters is 1. The molecule has 0 spiro atoms. The highest BCUT2D eigenvalue weighted by Gasteiger charge is 2.13. The Balaban J connectivity index is 3.21. The first-order valence-corrected chi connectivity index (χ1v) is 5.29. The Kier molecular flexibility index (Phi) is 4.33. The van der Waals surface area contributed by atoms with Crippen molar-refractivity contribution in [2.45, 2.75) is 19.8 Å². The van der Waals surface area contributed by atoms with Crippen molar-refractivity contribution in [1.29, 1.82) is 5.26 Å². The molecule has 1 rings (SSSR count). The standard InChI is InChI=1S/C12H12ClNO2/c1-3-9-10(7-14)8(4-5-11(9)13)6-12(15)16-2/h4-5H,3,6H2,1-2H3. The summed E-state index contributed by atoms with van der Waals surface area (Å²) >= 11 is 5.98. The molecule has 0 aliphatic carbocycles. The third kappa shape index (κ3) is 2.53. The summed E-state index contributed by atoms with van der Waals surface area (Å²) in [5.41, 5.74) is 1.93. The predicted molar refractivity (Wildman–Crippen MR) is 61.3 cm³/mol. The van der Waals surface area contributed by atoms with Crippen molar-refractivity contribution in [3.63, 3.8) is 0 Å². The van der Waals surface area contributed by atoms with Crippen molar-refractivity contribution in [2.24, 2.45) is 0 Å². The van der Waals surface area contributed by atoms with Gasteiger partial charge in [-0.3, -0.25) is 4.79 Å². The van der Waals surface area contributed by atoms with Crippen LogP contribution >= 0.6 is 11.6 Å². The van der Waals surface area contributed by atoms with Gasteiger partial charge in [0.25, 0.3) is 0 Å². The highest BCUT2D eigenvalue weighted by molar-refractivity contribution is 6.31. The third-order valence-corrected chi connectivity index (χ3v) is 2.72. The molecule has 0 N–H and O–H groups in total.